The van der Waals surface area contributed by atoms with Crippen molar-refractivity contribution in [3.8, 4) is 0 Å². The second-order valence-electron chi connectivity index (χ2n) is 7.52. The summed E-state index contributed by atoms with van der Waals surface area (Å²) < 4.78 is 0. The van der Waals surface area contributed by atoms with Crippen LogP contribution >= 0.6 is 23.1 Å². The number of aliphatic hydroxyl groups is 1. The lowest BCUT2D eigenvalue weighted by Gasteiger charge is -2.09. The fourth-order valence-electron chi connectivity index (χ4n) is 2.98. The molecule has 3 aromatic rings. The second kappa shape index (κ2) is 12.3. The molecule has 2 aromatic carbocycles. The van der Waals surface area contributed by atoms with Gasteiger partial charge >= 0.3 is 0 Å². The van der Waals surface area contributed by atoms with Gasteiger partial charge < -0.3 is 10.4 Å². The SMILES string of the molecule is Cc1ccc(/C=N/NC(=O)c2scc(C)c2NC(=O)c2cccc(CSCCCO)c2)cc1. The number of aryl methyl sites for hydroxylation is 2. The van der Waals surface area contributed by atoms with Crippen molar-refractivity contribution in [3.63, 3.8) is 0 Å². The number of carbonyl (C=O) groups excluding carboxylic acids is 2. The van der Waals surface area contributed by atoms with Crippen LogP contribution in [0.4, 0.5) is 5.69 Å². The third-order valence-electron chi connectivity index (χ3n) is 4.78. The van der Waals surface area contributed by atoms with Crippen molar-refractivity contribution in [1.82, 2.24) is 5.43 Å². The summed E-state index contributed by atoms with van der Waals surface area (Å²) in [6.07, 6.45) is 2.34. The van der Waals surface area contributed by atoms with E-state index in [2.05, 4.69) is 15.8 Å². The number of hydrogen-bond donors (Lipinski definition) is 3. The number of nitrogens with zero attached hydrogens (tertiary/aromatic N) is 1. The number of nitrogens with one attached hydrogen (secondary N) is 2. The lowest BCUT2D eigenvalue weighted by molar-refractivity contribution is 0.0960. The molecule has 172 valence electrons. The molecule has 8 heteroatoms. The van der Waals surface area contributed by atoms with Gasteiger partial charge in [0.15, 0.2) is 0 Å². The molecule has 0 saturated heterocycles. The van der Waals surface area contributed by atoms with E-state index in [1.54, 1.807) is 24.0 Å². The predicted molar refractivity (Wildman–Crippen MR) is 138 cm³/mol. The average Bonchev–Trinajstić information content (AvgIpc) is 3.18. The largest absolute Gasteiger partial charge is 0.396 e. The monoisotopic (exact) mass is 481 g/mol. The lowest BCUT2D eigenvalue weighted by Crippen LogP contribution is -2.20. The molecule has 0 aliphatic carbocycles. The maximum Gasteiger partial charge on any atom is 0.283 e. The molecule has 1 aromatic heterocycles. The number of thiophene rings is 1. The van der Waals surface area contributed by atoms with Gasteiger partial charge in [0.1, 0.15) is 4.88 Å². The first kappa shape index (κ1) is 24.7. The highest BCUT2D eigenvalue weighted by Gasteiger charge is 2.19. The Morgan fingerprint density at radius 3 is 2.67 bits per heavy atom. The van der Waals surface area contributed by atoms with E-state index in [4.69, 9.17) is 5.11 Å². The summed E-state index contributed by atoms with van der Waals surface area (Å²) >= 11 is 2.98. The summed E-state index contributed by atoms with van der Waals surface area (Å²) in [5.74, 6) is 0.994. The molecular formula is C25H27N3O3S2. The van der Waals surface area contributed by atoms with E-state index in [1.807, 2.05) is 61.7 Å². The summed E-state index contributed by atoms with van der Waals surface area (Å²) in [6.45, 7) is 4.04. The molecule has 0 aliphatic rings. The second-order valence-corrected chi connectivity index (χ2v) is 9.50. The Kier molecular flexibility index (Phi) is 9.24. The van der Waals surface area contributed by atoms with E-state index < -0.39 is 0 Å². The molecule has 3 N–H and O–H groups in total. The summed E-state index contributed by atoms with van der Waals surface area (Å²) in [7, 11) is 0. The number of thioether (sulfide) groups is 1. The number of hydrogen-bond acceptors (Lipinski definition) is 6. The Labute approximate surface area is 202 Å². The summed E-state index contributed by atoms with van der Waals surface area (Å²) in [4.78, 5) is 26.0. The van der Waals surface area contributed by atoms with Crippen molar-refractivity contribution in [2.24, 2.45) is 5.10 Å². The molecule has 3 rings (SSSR count). The fourth-order valence-corrected chi connectivity index (χ4v) is 4.77. The minimum atomic E-state index is -0.374. The molecule has 0 atom stereocenters. The normalized spacial score (nSPS) is 11.0. The molecule has 1 heterocycles. The predicted octanol–water partition coefficient (Wildman–Crippen LogP) is 5.00. The van der Waals surface area contributed by atoms with E-state index in [-0.39, 0.29) is 18.4 Å². The van der Waals surface area contributed by atoms with Crippen molar-refractivity contribution in [2.45, 2.75) is 26.0 Å². The Morgan fingerprint density at radius 2 is 1.91 bits per heavy atom. The first-order valence-electron chi connectivity index (χ1n) is 10.5. The maximum absolute atomic E-state index is 12.9. The van der Waals surface area contributed by atoms with Crippen molar-refractivity contribution in [3.05, 3.63) is 86.6 Å². The average molecular weight is 482 g/mol. The van der Waals surface area contributed by atoms with Gasteiger partial charge in [0, 0.05) is 17.9 Å². The summed E-state index contributed by atoms with van der Waals surface area (Å²) in [5.41, 5.74) is 7.45. The molecule has 0 saturated carbocycles. The fraction of sp³-hybridized carbons (Fsp3) is 0.240. The highest BCUT2D eigenvalue weighted by molar-refractivity contribution is 7.98. The van der Waals surface area contributed by atoms with Crippen LogP contribution < -0.4 is 10.7 Å². The number of rotatable bonds is 10. The smallest absolute Gasteiger partial charge is 0.283 e. The minimum absolute atomic E-state index is 0.183. The van der Waals surface area contributed by atoms with Gasteiger partial charge in [-0.15, -0.1) is 11.3 Å². The highest BCUT2D eigenvalue weighted by atomic mass is 32.2. The van der Waals surface area contributed by atoms with Crippen LogP contribution in [0.3, 0.4) is 0 Å². The first-order chi connectivity index (χ1) is 16.0. The van der Waals surface area contributed by atoms with E-state index >= 15 is 0 Å². The van der Waals surface area contributed by atoms with Gasteiger partial charge in [-0.1, -0.05) is 42.0 Å². The van der Waals surface area contributed by atoms with Crippen molar-refractivity contribution in [2.75, 3.05) is 17.7 Å². The van der Waals surface area contributed by atoms with Gasteiger partial charge in [0.05, 0.1) is 11.9 Å². The zero-order valence-electron chi connectivity index (χ0n) is 18.6. The summed E-state index contributed by atoms with van der Waals surface area (Å²) in [6, 6.07) is 15.2. The maximum atomic E-state index is 12.9. The van der Waals surface area contributed by atoms with Crippen molar-refractivity contribution in [1.29, 1.82) is 0 Å². The topological polar surface area (TPSA) is 90.8 Å². The number of anilines is 1. The van der Waals surface area contributed by atoms with Crippen LogP contribution in [0.2, 0.25) is 0 Å². The number of hydrazone groups is 1. The number of amides is 2. The van der Waals surface area contributed by atoms with Crippen LogP contribution in [-0.2, 0) is 5.75 Å². The zero-order valence-corrected chi connectivity index (χ0v) is 20.3. The van der Waals surface area contributed by atoms with E-state index in [9.17, 15) is 9.59 Å². The van der Waals surface area contributed by atoms with Gasteiger partial charge in [-0.2, -0.15) is 16.9 Å². The van der Waals surface area contributed by atoms with Gasteiger partial charge in [0.2, 0.25) is 0 Å². The lowest BCUT2D eigenvalue weighted by atomic mass is 10.1. The molecule has 0 radical (unpaired) electrons. The van der Waals surface area contributed by atoms with Crippen molar-refractivity contribution < 1.29 is 14.7 Å². The number of benzene rings is 2. The van der Waals surface area contributed by atoms with Gasteiger partial charge in [-0.25, -0.2) is 5.43 Å². The quantitative estimate of drug-likeness (QED) is 0.216. The van der Waals surface area contributed by atoms with Crippen molar-refractivity contribution >= 4 is 46.8 Å². The number of aliphatic hydroxyl groups excluding tert-OH is 1. The molecule has 0 fully saturated rings. The first-order valence-corrected chi connectivity index (χ1v) is 12.6. The molecule has 2 amide bonds. The standard InChI is InChI=1S/C25H27N3O3S2/c1-17-7-9-19(10-8-17)14-26-28-25(31)23-22(18(2)15-33-23)27-24(30)21-6-3-5-20(13-21)16-32-12-4-11-29/h3,5-10,13-15,29H,4,11-12,16H2,1-2H3,(H,27,30)(H,28,31)/b26-14+. The van der Waals surface area contributed by atoms with Crippen LogP contribution in [0, 0.1) is 13.8 Å². The van der Waals surface area contributed by atoms with E-state index in [0.29, 0.717) is 16.1 Å². The Morgan fingerprint density at radius 1 is 1.12 bits per heavy atom. The van der Waals surface area contributed by atoms with Crippen LogP contribution in [0.25, 0.3) is 0 Å². The molecular weight excluding hydrogens is 454 g/mol. The molecule has 6 nitrogen and oxygen atoms in total. The molecule has 0 unspecified atom stereocenters. The van der Waals surface area contributed by atoms with Gasteiger partial charge in [0.25, 0.3) is 11.8 Å². The molecule has 0 aliphatic heterocycles. The highest BCUT2D eigenvalue weighted by Crippen LogP contribution is 2.28. The Balaban J connectivity index is 1.65. The van der Waals surface area contributed by atoms with Crippen LogP contribution in [0.1, 0.15) is 48.7 Å². The zero-order chi connectivity index (χ0) is 23.6. The van der Waals surface area contributed by atoms with Crippen LogP contribution in [0.5, 0.6) is 0 Å². The van der Waals surface area contributed by atoms with E-state index in [1.165, 1.54) is 11.3 Å². The number of carbonyl (C=O) groups is 2. The third-order valence-corrected chi connectivity index (χ3v) is 6.99. The molecule has 0 spiro atoms. The Hall–Kier alpha value is -2.94. The molecule has 0 bridgehead atoms. The summed E-state index contributed by atoms with van der Waals surface area (Å²) in [5, 5.41) is 17.7. The van der Waals surface area contributed by atoms with Crippen LogP contribution in [0.15, 0.2) is 59.0 Å². The van der Waals surface area contributed by atoms with Gasteiger partial charge in [-0.05, 0) is 60.2 Å². The van der Waals surface area contributed by atoms with E-state index in [0.717, 1.165) is 40.2 Å². The third kappa shape index (κ3) is 7.28. The van der Waals surface area contributed by atoms with Gasteiger partial charge in [-0.3, -0.25) is 9.59 Å². The molecule has 33 heavy (non-hydrogen) atoms. The Bertz CT molecular complexity index is 1120. The van der Waals surface area contributed by atoms with Crippen LogP contribution in [-0.4, -0.2) is 35.5 Å². The minimum Gasteiger partial charge on any atom is -0.396 e.